The first kappa shape index (κ1) is 22.2. The quantitative estimate of drug-likeness (QED) is 0.543. The molecule has 0 aliphatic heterocycles. The third kappa shape index (κ3) is 5.25. The molecule has 0 radical (unpaired) electrons. The molecule has 0 fully saturated rings. The number of amides is 2. The van der Waals surface area contributed by atoms with Gasteiger partial charge in [0.15, 0.2) is 0 Å². The van der Waals surface area contributed by atoms with Crippen LogP contribution in [-0.4, -0.2) is 34.6 Å². The normalized spacial score (nSPS) is 11.1. The van der Waals surface area contributed by atoms with Crippen LogP contribution in [0.15, 0.2) is 60.4 Å². The highest BCUT2D eigenvalue weighted by atomic mass is 35.5. The van der Waals surface area contributed by atoms with E-state index in [2.05, 4.69) is 10.6 Å². The highest BCUT2D eigenvalue weighted by molar-refractivity contribution is 6.06. The first-order valence-corrected chi connectivity index (χ1v) is 9.02. The number of nitrogens with zero attached hydrogens (tertiary/aromatic N) is 1. The number of carbonyl (C=O) groups is 2. The van der Waals surface area contributed by atoms with Gasteiger partial charge in [0, 0.05) is 41.8 Å². The molecule has 0 bridgehead atoms. The summed E-state index contributed by atoms with van der Waals surface area (Å²) in [7, 11) is 1.93. The minimum absolute atomic E-state index is 0. The highest BCUT2D eigenvalue weighted by Crippen LogP contribution is 2.22. The monoisotopic (exact) mass is 413 g/mol. The zero-order valence-corrected chi connectivity index (χ0v) is 17.1. The van der Waals surface area contributed by atoms with Crippen molar-refractivity contribution in [3.8, 4) is 0 Å². The number of aliphatic hydroxyl groups is 1. The largest absolute Gasteiger partial charge is 0.395 e. The van der Waals surface area contributed by atoms with E-state index in [9.17, 15) is 9.59 Å². The van der Waals surface area contributed by atoms with Crippen LogP contribution in [0.1, 0.15) is 21.5 Å². The van der Waals surface area contributed by atoms with Gasteiger partial charge in [-0.15, -0.1) is 12.4 Å². The maximum atomic E-state index is 12.6. The average Bonchev–Trinajstić information content (AvgIpc) is 3.02. The van der Waals surface area contributed by atoms with E-state index in [1.54, 1.807) is 18.2 Å². The van der Waals surface area contributed by atoms with Crippen LogP contribution in [0.4, 0.5) is 0 Å². The van der Waals surface area contributed by atoms with Gasteiger partial charge in [0.05, 0.1) is 6.61 Å². The van der Waals surface area contributed by atoms with Crippen LogP contribution in [0.2, 0.25) is 0 Å². The number of halogens is 1. The Morgan fingerprint density at radius 2 is 1.79 bits per heavy atom. The number of aliphatic hydroxyl groups excluding tert-OH is 1. The van der Waals surface area contributed by atoms with E-state index in [0.717, 1.165) is 22.0 Å². The Kier molecular flexibility index (Phi) is 7.59. The van der Waals surface area contributed by atoms with Gasteiger partial charge >= 0.3 is 0 Å². The van der Waals surface area contributed by atoms with Crippen molar-refractivity contribution in [3.05, 3.63) is 77.1 Å². The first-order valence-electron chi connectivity index (χ1n) is 9.02. The second-order valence-electron chi connectivity index (χ2n) is 6.57. The molecule has 0 unspecified atom stereocenters. The van der Waals surface area contributed by atoms with Gasteiger partial charge in [0.25, 0.3) is 11.8 Å². The Morgan fingerprint density at radius 1 is 1.10 bits per heavy atom. The molecular formula is C22H24ClN3O3. The first-order chi connectivity index (χ1) is 13.5. The van der Waals surface area contributed by atoms with Crippen LogP contribution >= 0.6 is 12.4 Å². The average molecular weight is 414 g/mol. The van der Waals surface area contributed by atoms with Crippen LogP contribution in [0.5, 0.6) is 0 Å². The van der Waals surface area contributed by atoms with Gasteiger partial charge < -0.3 is 20.3 Å². The molecule has 0 aliphatic rings. The Hall–Kier alpha value is -3.09. The molecule has 6 nitrogen and oxygen atoms in total. The van der Waals surface area contributed by atoms with Crippen molar-refractivity contribution in [2.75, 3.05) is 13.2 Å². The van der Waals surface area contributed by atoms with E-state index in [1.807, 2.05) is 61.1 Å². The Bertz CT molecular complexity index is 1040. The molecule has 3 N–H and O–H groups in total. The molecule has 1 heterocycles. The predicted octanol–water partition coefficient (Wildman–Crippen LogP) is 2.79. The summed E-state index contributed by atoms with van der Waals surface area (Å²) < 4.78 is 1.96. The number of carbonyl (C=O) groups excluding carboxylic acids is 2. The fraction of sp³-hybridized carbons (Fsp3) is 0.182. The summed E-state index contributed by atoms with van der Waals surface area (Å²) >= 11 is 0. The molecule has 0 atom stereocenters. The maximum absolute atomic E-state index is 12.6. The number of nitrogens with one attached hydrogen (secondary N) is 2. The highest BCUT2D eigenvalue weighted by Gasteiger charge is 2.15. The van der Waals surface area contributed by atoms with E-state index < -0.39 is 5.91 Å². The van der Waals surface area contributed by atoms with Gasteiger partial charge in [-0.3, -0.25) is 9.59 Å². The van der Waals surface area contributed by atoms with Crippen molar-refractivity contribution < 1.29 is 14.7 Å². The molecule has 0 saturated heterocycles. The molecule has 0 spiro atoms. The zero-order valence-electron chi connectivity index (χ0n) is 16.3. The molecule has 0 saturated carbocycles. The van der Waals surface area contributed by atoms with E-state index in [4.69, 9.17) is 5.11 Å². The van der Waals surface area contributed by atoms with Gasteiger partial charge in [-0.25, -0.2) is 0 Å². The van der Waals surface area contributed by atoms with E-state index in [-0.39, 0.29) is 37.2 Å². The van der Waals surface area contributed by atoms with Crippen LogP contribution < -0.4 is 10.6 Å². The zero-order chi connectivity index (χ0) is 20.1. The van der Waals surface area contributed by atoms with E-state index >= 15 is 0 Å². The van der Waals surface area contributed by atoms with Crippen molar-refractivity contribution in [3.63, 3.8) is 0 Å². The number of fused-ring (bicyclic) bond motifs is 1. The van der Waals surface area contributed by atoms with Crippen LogP contribution in [0, 0.1) is 6.92 Å². The van der Waals surface area contributed by atoms with Gasteiger partial charge in [-0.2, -0.15) is 0 Å². The summed E-state index contributed by atoms with van der Waals surface area (Å²) in [5.74, 6) is -0.826. The third-order valence-electron chi connectivity index (χ3n) is 4.43. The molecule has 0 aliphatic carbocycles. The SMILES string of the molecule is Cc1ccc(C(=O)N/C(=C\c2cn(C)c3ccccc23)C(=O)NCCO)cc1.Cl. The topological polar surface area (TPSA) is 83.4 Å². The second-order valence-corrected chi connectivity index (χ2v) is 6.57. The standard InChI is InChI=1S/C22H23N3O3.ClH/c1-15-7-9-16(10-8-15)21(27)24-19(22(28)23-11-12-26)13-17-14-25(2)20-6-4-3-5-18(17)20;/h3-10,13-14,26H,11-12H2,1-2H3,(H,23,28)(H,24,27);1H/b19-13-;. The van der Waals surface area contributed by atoms with Crippen molar-refractivity contribution in [1.29, 1.82) is 0 Å². The summed E-state index contributed by atoms with van der Waals surface area (Å²) in [5.41, 5.74) is 3.47. The lowest BCUT2D eigenvalue weighted by molar-refractivity contribution is -0.117. The molecule has 152 valence electrons. The molecule has 7 heteroatoms. The fourth-order valence-corrected chi connectivity index (χ4v) is 2.97. The summed E-state index contributed by atoms with van der Waals surface area (Å²) in [5, 5.41) is 15.3. The molecule has 2 aromatic carbocycles. The summed E-state index contributed by atoms with van der Waals surface area (Å²) in [6.45, 7) is 1.86. The lowest BCUT2D eigenvalue weighted by atomic mass is 10.1. The van der Waals surface area contributed by atoms with Gasteiger partial charge in [0.2, 0.25) is 0 Å². The van der Waals surface area contributed by atoms with Crippen LogP contribution in [0.25, 0.3) is 17.0 Å². The molecule has 3 rings (SSSR count). The van der Waals surface area contributed by atoms with E-state index in [1.165, 1.54) is 0 Å². The molecular weight excluding hydrogens is 390 g/mol. The minimum Gasteiger partial charge on any atom is -0.395 e. The Labute approximate surface area is 175 Å². The smallest absolute Gasteiger partial charge is 0.267 e. The maximum Gasteiger partial charge on any atom is 0.267 e. The molecule has 2 amide bonds. The van der Waals surface area contributed by atoms with Crippen LogP contribution in [-0.2, 0) is 11.8 Å². The number of aryl methyl sites for hydroxylation is 2. The minimum atomic E-state index is -0.456. The van der Waals surface area contributed by atoms with Gasteiger partial charge in [0.1, 0.15) is 5.70 Å². The van der Waals surface area contributed by atoms with Crippen molar-refractivity contribution in [2.24, 2.45) is 7.05 Å². The molecule has 3 aromatic rings. The van der Waals surface area contributed by atoms with E-state index in [0.29, 0.717) is 5.56 Å². The number of rotatable bonds is 6. The summed E-state index contributed by atoms with van der Waals surface area (Å²) in [6.07, 6.45) is 3.56. The fourth-order valence-electron chi connectivity index (χ4n) is 2.97. The van der Waals surface area contributed by atoms with Crippen LogP contribution in [0.3, 0.4) is 0 Å². The number of aromatic nitrogens is 1. The number of para-hydroxylation sites is 1. The van der Waals surface area contributed by atoms with Gasteiger partial charge in [-0.05, 0) is 31.2 Å². The lowest BCUT2D eigenvalue weighted by Gasteiger charge is -2.10. The molecule has 1 aromatic heterocycles. The third-order valence-corrected chi connectivity index (χ3v) is 4.43. The van der Waals surface area contributed by atoms with Gasteiger partial charge in [-0.1, -0.05) is 35.9 Å². The molecule has 29 heavy (non-hydrogen) atoms. The predicted molar refractivity (Wildman–Crippen MR) is 117 cm³/mol. The lowest BCUT2D eigenvalue weighted by Crippen LogP contribution is -2.36. The summed E-state index contributed by atoms with van der Waals surface area (Å²) in [6, 6.07) is 14.9. The number of hydrogen-bond donors (Lipinski definition) is 3. The Balaban J connectivity index is 0.00000300. The van der Waals surface area contributed by atoms with Crippen molar-refractivity contribution >= 4 is 41.2 Å². The summed E-state index contributed by atoms with van der Waals surface area (Å²) in [4.78, 5) is 25.2. The Morgan fingerprint density at radius 3 is 2.48 bits per heavy atom. The second kappa shape index (κ2) is 9.91. The number of hydrogen-bond acceptors (Lipinski definition) is 3. The van der Waals surface area contributed by atoms with Crippen molar-refractivity contribution in [1.82, 2.24) is 15.2 Å². The van der Waals surface area contributed by atoms with Crippen molar-refractivity contribution in [2.45, 2.75) is 6.92 Å². The number of benzene rings is 2.